The van der Waals surface area contributed by atoms with Gasteiger partial charge in [-0.2, -0.15) is 0 Å². The Hall–Kier alpha value is -3.12. The first kappa shape index (κ1) is 25.1. The number of ether oxygens (including phenoxy) is 2. The van der Waals surface area contributed by atoms with Gasteiger partial charge in [0.15, 0.2) is 0 Å². The van der Waals surface area contributed by atoms with Crippen molar-refractivity contribution in [3.05, 3.63) is 81.9 Å². The summed E-state index contributed by atoms with van der Waals surface area (Å²) >= 11 is 0. The lowest BCUT2D eigenvalue weighted by molar-refractivity contribution is 0.0220. The molecule has 0 aromatic heterocycles. The van der Waals surface area contributed by atoms with Crippen molar-refractivity contribution in [2.24, 2.45) is 0 Å². The van der Waals surface area contributed by atoms with Crippen molar-refractivity contribution >= 4 is 12.1 Å². The van der Waals surface area contributed by atoms with Gasteiger partial charge in [-0.05, 0) is 62.5 Å². The lowest BCUT2D eigenvalue weighted by atomic mass is 10.0. The highest BCUT2D eigenvalue weighted by atomic mass is 16.7. The summed E-state index contributed by atoms with van der Waals surface area (Å²) in [6, 6.07) is 13.8. The summed E-state index contributed by atoms with van der Waals surface area (Å²) in [5.74, 6) is -0.624. The SMILES string of the molecule is CCCC(OCc1ccccc1)/C(C)=C/COC(=O)NOC(=O)c1c(C)cc(C)cc1C. The minimum atomic E-state index is -0.831. The summed E-state index contributed by atoms with van der Waals surface area (Å²) in [6.07, 6.45) is 2.76. The van der Waals surface area contributed by atoms with Crippen molar-refractivity contribution in [1.29, 1.82) is 0 Å². The van der Waals surface area contributed by atoms with Crippen LogP contribution in [0.4, 0.5) is 4.79 Å². The average Bonchev–Trinajstić information content (AvgIpc) is 2.75. The third-order valence-electron chi connectivity index (χ3n) is 5.08. The topological polar surface area (TPSA) is 73.9 Å². The molecule has 0 fully saturated rings. The number of hydroxylamine groups is 1. The maximum atomic E-state index is 12.3. The van der Waals surface area contributed by atoms with Crippen LogP contribution in [0.3, 0.4) is 0 Å². The Kier molecular flexibility index (Phi) is 9.95. The van der Waals surface area contributed by atoms with Crippen LogP contribution in [0.25, 0.3) is 0 Å². The second-order valence-corrected chi connectivity index (χ2v) is 7.89. The third kappa shape index (κ3) is 7.85. The highest BCUT2D eigenvalue weighted by Crippen LogP contribution is 2.17. The first-order chi connectivity index (χ1) is 15.3. The van der Waals surface area contributed by atoms with Gasteiger partial charge in [0.05, 0.1) is 18.3 Å². The van der Waals surface area contributed by atoms with Crippen LogP contribution in [0, 0.1) is 20.8 Å². The smallest absolute Gasteiger partial charge is 0.441 e. The van der Waals surface area contributed by atoms with Crippen LogP contribution in [-0.2, 0) is 20.9 Å². The third-order valence-corrected chi connectivity index (χ3v) is 5.08. The predicted molar refractivity (Wildman–Crippen MR) is 124 cm³/mol. The molecule has 172 valence electrons. The van der Waals surface area contributed by atoms with Gasteiger partial charge < -0.3 is 14.3 Å². The minimum Gasteiger partial charge on any atom is -0.443 e. The van der Waals surface area contributed by atoms with Crippen molar-refractivity contribution < 1.29 is 23.9 Å². The van der Waals surface area contributed by atoms with E-state index in [1.54, 1.807) is 6.08 Å². The quantitative estimate of drug-likeness (QED) is 0.398. The molecule has 0 saturated carbocycles. The Morgan fingerprint density at radius 1 is 1.06 bits per heavy atom. The minimum absolute atomic E-state index is 0.0483. The van der Waals surface area contributed by atoms with E-state index in [0.29, 0.717) is 12.2 Å². The van der Waals surface area contributed by atoms with Crippen molar-refractivity contribution in [2.75, 3.05) is 6.61 Å². The molecule has 1 amide bonds. The zero-order valence-electron chi connectivity index (χ0n) is 19.6. The molecule has 0 aliphatic rings. The van der Waals surface area contributed by atoms with Gasteiger partial charge in [0, 0.05) is 0 Å². The van der Waals surface area contributed by atoms with Gasteiger partial charge in [-0.15, -0.1) is 5.48 Å². The molecule has 2 rings (SSSR count). The van der Waals surface area contributed by atoms with Gasteiger partial charge in [0.1, 0.15) is 6.61 Å². The Morgan fingerprint density at radius 2 is 1.72 bits per heavy atom. The van der Waals surface area contributed by atoms with Crippen LogP contribution < -0.4 is 5.48 Å². The van der Waals surface area contributed by atoms with Crippen molar-refractivity contribution in [1.82, 2.24) is 5.48 Å². The van der Waals surface area contributed by atoms with Crippen LogP contribution >= 0.6 is 0 Å². The fourth-order valence-corrected chi connectivity index (χ4v) is 3.53. The average molecular weight is 440 g/mol. The molecule has 0 radical (unpaired) electrons. The lowest BCUT2D eigenvalue weighted by Crippen LogP contribution is -2.28. The number of amides is 1. The van der Waals surface area contributed by atoms with E-state index >= 15 is 0 Å². The first-order valence-electron chi connectivity index (χ1n) is 10.9. The molecule has 2 aromatic carbocycles. The predicted octanol–water partition coefficient (Wildman–Crippen LogP) is 5.74. The summed E-state index contributed by atoms with van der Waals surface area (Å²) in [6.45, 7) is 10.2. The van der Waals surface area contributed by atoms with Crippen molar-refractivity contribution in [3.63, 3.8) is 0 Å². The molecule has 1 atom stereocenters. The van der Waals surface area contributed by atoms with E-state index in [2.05, 4.69) is 12.4 Å². The number of carbonyl (C=O) groups is 2. The van der Waals surface area contributed by atoms with Crippen LogP contribution in [0.15, 0.2) is 54.1 Å². The van der Waals surface area contributed by atoms with Crippen molar-refractivity contribution in [2.45, 2.75) is 60.2 Å². The molecule has 2 aromatic rings. The number of hydrogen-bond donors (Lipinski definition) is 1. The second-order valence-electron chi connectivity index (χ2n) is 7.89. The number of aryl methyl sites for hydroxylation is 3. The highest BCUT2D eigenvalue weighted by molar-refractivity contribution is 5.93. The zero-order chi connectivity index (χ0) is 23.5. The van der Waals surface area contributed by atoms with Gasteiger partial charge in [-0.25, -0.2) is 9.59 Å². The molecule has 1 unspecified atom stereocenters. The molecule has 0 heterocycles. The van der Waals surface area contributed by atoms with Crippen LogP contribution in [0.5, 0.6) is 0 Å². The summed E-state index contributed by atoms with van der Waals surface area (Å²) in [5.41, 5.74) is 7.22. The summed E-state index contributed by atoms with van der Waals surface area (Å²) in [7, 11) is 0. The Labute approximate surface area is 190 Å². The molecule has 6 nitrogen and oxygen atoms in total. The number of carbonyl (C=O) groups excluding carboxylic acids is 2. The van der Waals surface area contributed by atoms with E-state index < -0.39 is 12.1 Å². The second kappa shape index (κ2) is 12.7. The van der Waals surface area contributed by atoms with Gasteiger partial charge in [0.2, 0.25) is 0 Å². The van der Waals surface area contributed by atoms with Gasteiger partial charge in [0.25, 0.3) is 0 Å². The number of benzene rings is 2. The maximum Gasteiger partial charge on any atom is 0.441 e. The number of nitrogens with one attached hydrogen (secondary N) is 1. The van der Waals surface area contributed by atoms with Crippen LogP contribution in [-0.4, -0.2) is 24.8 Å². The molecule has 0 aliphatic heterocycles. The number of hydrogen-bond acceptors (Lipinski definition) is 5. The Bertz CT molecular complexity index is 913. The molecule has 0 aliphatic carbocycles. The normalized spacial score (nSPS) is 12.2. The van der Waals surface area contributed by atoms with Crippen LogP contribution in [0.1, 0.15) is 59.3 Å². The monoisotopic (exact) mass is 439 g/mol. The molecular weight excluding hydrogens is 406 g/mol. The van der Waals surface area contributed by atoms with E-state index in [9.17, 15) is 9.59 Å². The number of rotatable bonds is 9. The van der Waals surface area contributed by atoms with Gasteiger partial charge in [-0.3, -0.25) is 0 Å². The first-order valence-corrected chi connectivity index (χ1v) is 10.9. The fourth-order valence-electron chi connectivity index (χ4n) is 3.53. The molecule has 0 spiro atoms. The Morgan fingerprint density at radius 3 is 2.34 bits per heavy atom. The van der Waals surface area contributed by atoms with E-state index in [0.717, 1.165) is 40.7 Å². The van der Waals surface area contributed by atoms with Gasteiger partial charge >= 0.3 is 12.1 Å². The Balaban J connectivity index is 1.82. The van der Waals surface area contributed by atoms with E-state index in [-0.39, 0.29) is 12.7 Å². The van der Waals surface area contributed by atoms with Crippen LogP contribution in [0.2, 0.25) is 0 Å². The summed E-state index contributed by atoms with van der Waals surface area (Å²) < 4.78 is 11.2. The molecule has 6 heteroatoms. The highest BCUT2D eigenvalue weighted by Gasteiger charge is 2.16. The standard InChI is InChI=1S/C26H33NO5/c1-6-10-23(31-17-22-11-8-7-9-12-22)19(3)13-14-30-26(29)27-32-25(28)24-20(4)15-18(2)16-21(24)5/h7-9,11-13,15-16,23H,6,10,14,17H2,1-5H3,(H,27,29)/b19-13+. The van der Waals surface area contributed by atoms with Crippen molar-refractivity contribution in [3.8, 4) is 0 Å². The van der Waals surface area contributed by atoms with E-state index in [1.165, 1.54) is 0 Å². The summed E-state index contributed by atoms with van der Waals surface area (Å²) in [4.78, 5) is 29.1. The van der Waals surface area contributed by atoms with Gasteiger partial charge in [-0.1, -0.05) is 61.4 Å². The van der Waals surface area contributed by atoms with E-state index in [4.69, 9.17) is 14.3 Å². The molecule has 32 heavy (non-hydrogen) atoms. The molecule has 0 bridgehead atoms. The lowest BCUT2D eigenvalue weighted by Gasteiger charge is -2.18. The fraction of sp³-hybridized carbons (Fsp3) is 0.385. The zero-order valence-corrected chi connectivity index (χ0v) is 19.6. The molecule has 0 saturated heterocycles. The largest absolute Gasteiger partial charge is 0.443 e. The maximum absolute atomic E-state index is 12.3. The summed E-state index contributed by atoms with van der Waals surface area (Å²) in [5, 5.41) is 0. The van der Waals surface area contributed by atoms with E-state index in [1.807, 2.05) is 70.2 Å². The molecular formula is C26H33NO5. The molecule has 1 N–H and O–H groups in total.